The van der Waals surface area contributed by atoms with Gasteiger partial charge in [0.25, 0.3) is 5.91 Å². The summed E-state index contributed by atoms with van der Waals surface area (Å²) in [6, 6.07) is 9.64. The van der Waals surface area contributed by atoms with Gasteiger partial charge in [0.15, 0.2) is 11.5 Å². The van der Waals surface area contributed by atoms with Crippen LogP contribution in [0.5, 0.6) is 5.75 Å². The summed E-state index contributed by atoms with van der Waals surface area (Å²) in [6.07, 6.45) is 2.59. The monoisotopic (exact) mass is 352 g/mol. The van der Waals surface area contributed by atoms with Gasteiger partial charge in [-0.2, -0.15) is 5.10 Å². The Hall–Kier alpha value is -3.09. The van der Waals surface area contributed by atoms with Crippen LogP contribution in [0, 0.1) is 12.8 Å². The number of carbonyl (C=O) groups is 1. The maximum Gasteiger partial charge on any atom is 0.273 e. The number of rotatable bonds is 4. The van der Waals surface area contributed by atoms with E-state index in [-0.39, 0.29) is 17.5 Å². The normalized spacial score (nSPS) is 16.0. The van der Waals surface area contributed by atoms with E-state index in [2.05, 4.69) is 21.6 Å². The molecular formula is C19H20N4O3. The second-order valence-electron chi connectivity index (χ2n) is 6.54. The lowest BCUT2D eigenvalue weighted by atomic mass is 9.97. The van der Waals surface area contributed by atoms with Crippen molar-refractivity contribution in [1.29, 1.82) is 0 Å². The van der Waals surface area contributed by atoms with E-state index >= 15 is 0 Å². The number of nitrogens with one attached hydrogen (secondary N) is 1. The lowest BCUT2D eigenvalue weighted by Crippen LogP contribution is -2.34. The number of para-hydroxylation sites is 1. The Labute approximate surface area is 150 Å². The van der Waals surface area contributed by atoms with Crippen molar-refractivity contribution < 1.29 is 14.1 Å². The van der Waals surface area contributed by atoms with E-state index in [0.717, 1.165) is 23.4 Å². The molecule has 0 bridgehead atoms. The Morgan fingerprint density at radius 2 is 2.23 bits per heavy atom. The van der Waals surface area contributed by atoms with Crippen LogP contribution in [0.25, 0.3) is 11.3 Å². The van der Waals surface area contributed by atoms with Crippen LogP contribution in [-0.4, -0.2) is 34.0 Å². The van der Waals surface area contributed by atoms with E-state index in [9.17, 15) is 4.79 Å². The van der Waals surface area contributed by atoms with Gasteiger partial charge in [-0.1, -0.05) is 23.4 Å². The summed E-state index contributed by atoms with van der Waals surface area (Å²) < 4.78 is 12.8. The van der Waals surface area contributed by atoms with Gasteiger partial charge in [-0.05, 0) is 25.0 Å². The molecule has 0 saturated carbocycles. The summed E-state index contributed by atoms with van der Waals surface area (Å²) in [6.45, 7) is 3.06. The number of benzene rings is 1. The molecule has 1 aromatic carbocycles. The molecule has 0 saturated heterocycles. The van der Waals surface area contributed by atoms with Gasteiger partial charge < -0.3 is 14.6 Å². The van der Waals surface area contributed by atoms with Crippen molar-refractivity contribution in [3.8, 4) is 17.1 Å². The van der Waals surface area contributed by atoms with Gasteiger partial charge in [-0.15, -0.1) is 0 Å². The summed E-state index contributed by atoms with van der Waals surface area (Å²) in [5, 5.41) is 11.0. The summed E-state index contributed by atoms with van der Waals surface area (Å²) in [7, 11) is 1.85. The third-order valence-corrected chi connectivity index (χ3v) is 4.75. The molecule has 7 heteroatoms. The number of hydrogen-bond acceptors (Lipinski definition) is 5. The SMILES string of the molecule is Cc1c(-c2cc(C(=O)NC[C@@H]3COc4ccccc4C3)no2)cnn1C. The number of aryl methyl sites for hydroxylation is 1. The Morgan fingerprint density at radius 3 is 3.04 bits per heavy atom. The Kier molecular flexibility index (Phi) is 4.20. The van der Waals surface area contributed by atoms with Gasteiger partial charge in [0, 0.05) is 31.3 Å². The van der Waals surface area contributed by atoms with Gasteiger partial charge in [0.05, 0.1) is 18.4 Å². The Bertz CT molecular complexity index is 944. The number of amides is 1. The lowest BCUT2D eigenvalue weighted by Gasteiger charge is -2.25. The predicted molar refractivity (Wildman–Crippen MR) is 94.9 cm³/mol. The minimum Gasteiger partial charge on any atom is -0.493 e. The second kappa shape index (κ2) is 6.67. The van der Waals surface area contributed by atoms with Crippen LogP contribution in [0.1, 0.15) is 21.7 Å². The molecule has 0 radical (unpaired) electrons. The van der Waals surface area contributed by atoms with Crippen LogP contribution in [0.4, 0.5) is 0 Å². The number of hydrogen-bond donors (Lipinski definition) is 1. The molecule has 26 heavy (non-hydrogen) atoms. The lowest BCUT2D eigenvalue weighted by molar-refractivity contribution is 0.0930. The van der Waals surface area contributed by atoms with Gasteiger partial charge in [0.1, 0.15) is 5.75 Å². The highest BCUT2D eigenvalue weighted by molar-refractivity contribution is 5.93. The smallest absolute Gasteiger partial charge is 0.273 e. The molecule has 0 fully saturated rings. The van der Waals surface area contributed by atoms with Crippen LogP contribution in [0.3, 0.4) is 0 Å². The van der Waals surface area contributed by atoms with Crippen molar-refractivity contribution in [3.05, 3.63) is 53.5 Å². The third kappa shape index (κ3) is 3.08. The average Bonchev–Trinajstić information content (AvgIpc) is 3.27. The molecule has 0 unspecified atom stereocenters. The molecule has 0 spiro atoms. The number of nitrogens with zero attached hydrogens (tertiary/aromatic N) is 3. The maximum absolute atomic E-state index is 12.4. The van der Waals surface area contributed by atoms with Crippen molar-refractivity contribution in [2.24, 2.45) is 13.0 Å². The van der Waals surface area contributed by atoms with Crippen LogP contribution >= 0.6 is 0 Å². The van der Waals surface area contributed by atoms with Gasteiger partial charge in [-0.25, -0.2) is 0 Å². The maximum atomic E-state index is 12.4. The molecule has 3 aromatic rings. The zero-order valence-corrected chi connectivity index (χ0v) is 14.7. The molecule has 2 aromatic heterocycles. The molecule has 3 heterocycles. The fraction of sp³-hybridized carbons (Fsp3) is 0.316. The van der Waals surface area contributed by atoms with Crippen LogP contribution in [-0.2, 0) is 13.5 Å². The molecule has 1 atom stereocenters. The van der Waals surface area contributed by atoms with Crippen LogP contribution in [0.2, 0.25) is 0 Å². The Balaban J connectivity index is 1.38. The fourth-order valence-electron chi connectivity index (χ4n) is 3.10. The highest BCUT2D eigenvalue weighted by Crippen LogP contribution is 2.26. The standard InChI is InChI=1S/C19H20N4O3/c1-12-15(10-21-23(12)2)18-8-16(22-26-18)19(24)20-9-13-7-14-5-3-4-6-17(14)25-11-13/h3-6,8,10,13H,7,9,11H2,1-2H3,(H,20,24)/t13-/m1/s1. The van der Waals surface area contributed by atoms with Crippen molar-refractivity contribution in [1.82, 2.24) is 20.3 Å². The summed E-state index contributed by atoms with van der Waals surface area (Å²) in [5.74, 6) is 1.46. The van der Waals surface area contributed by atoms with Crippen molar-refractivity contribution in [2.75, 3.05) is 13.2 Å². The first-order valence-corrected chi connectivity index (χ1v) is 8.56. The molecule has 1 aliphatic heterocycles. The average molecular weight is 352 g/mol. The van der Waals surface area contributed by atoms with E-state index < -0.39 is 0 Å². The van der Waals surface area contributed by atoms with E-state index in [1.54, 1.807) is 16.9 Å². The first kappa shape index (κ1) is 16.4. The summed E-state index contributed by atoms with van der Waals surface area (Å²) in [5.41, 5.74) is 3.22. The van der Waals surface area contributed by atoms with Crippen molar-refractivity contribution in [2.45, 2.75) is 13.3 Å². The molecule has 1 aliphatic rings. The zero-order chi connectivity index (χ0) is 18.1. The Morgan fingerprint density at radius 1 is 1.38 bits per heavy atom. The molecule has 1 amide bonds. The van der Waals surface area contributed by atoms with Crippen LogP contribution in [0.15, 0.2) is 41.1 Å². The van der Waals surface area contributed by atoms with Crippen LogP contribution < -0.4 is 10.1 Å². The zero-order valence-electron chi connectivity index (χ0n) is 14.7. The molecular weight excluding hydrogens is 332 g/mol. The quantitative estimate of drug-likeness (QED) is 0.779. The molecule has 0 aliphatic carbocycles. The highest BCUT2D eigenvalue weighted by atomic mass is 16.5. The minimum atomic E-state index is -0.250. The first-order valence-electron chi connectivity index (χ1n) is 8.56. The van der Waals surface area contributed by atoms with Gasteiger partial charge >= 0.3 is 0 Å². The summed E-state index contributed by atoms with van der Waals surface area (Å²) in [4.78, 5) is 12.4. The molecule has 7 nitrogen and oxygen atoms in total. The molecule has 134 valence electrons. The van der Waals surface area contributed by atoms with E-state index in [4.69, 9.17) is 9.26 Å². The number of aromatic nitrogens is 3. The van der Waals surface area contributed by atoms with Crippen molar-refractivity contribution in [3.63, 3.8) is 0 Å². The third-order valence-electron chi connectivity index (χ3n) is 4.75. The van der Waals surface area contributed by atoms with Gasteiger partial charge in [-0.3, -0.25) is 9.48 Å². The van der Waals surface area contributed by atoms with E-state index in [1.165, 1.54) is 5.56 Å². The number of fused-ring (bicyclic) bond motifs is 1. The van der Waals surface area contributed by atoms with Gasteiger partial charge in [0.2, 0.25) is 0 Å². The molecule has 4 rings (SSSR count). The fourth-order valence-corrected chi connectivity index (χ4v) is 3.10. The second-order valence-corrected chi connectivity index (χ2v) is 6.54. The number of carbonyl (C=O) groups excluding carboxylic acids is 1. The largest absolute Gasteiger partial charge is 0.493 e. The summed E-state index contributed by atoms with van der Waals surface area (Å²) >= 11 is 0. The number of ether oxygens (including phenoxy) is 1. The van der Waals surface area contributed by atoms with E-state index in [0.29, 0.717) is 18.9 Å². The minimum absolute atomic E-state index is 0.237. The van der Waals surface area contributed by atoms with Crippen molar-refractivity contribution >= 4 is 5.91 Å². The molecule has 1 N–H and O–H groups in total. The highest BCUT2D eigenvalue weighted by Gasteiger charge is 2.21. The van der Waals surface area contributed by atoms with E-state index in [1.807, 2.05) is 32.2 Å². The predicted octanol–water partition coefficient (Wildman–Crippen LogP) is 2.36. The topological polar surface area (TPSA) is 82.2 Å². The first-order chi connectivity index (χ1) is 12.6.